The van der Waals surface area contributed by atoms with Crippen LogP contribution >= 0.6 is 15.9 Å². The van der Waals surface area contributed by atoms with Gasteiger partial charge in [0.25, 0.3) is 0 Å². The van der Waals surface area contributed by atoms with E-state index in [9.17, 15) is 0 Å². The fourth-order valence-electron chi connectivity index (χ4n) is 2.69. The lowest BCUT2D eigenvalue weighted by Crippen LogP contribution is -2.00. The monoisotopic (exact) mass is 437 g/mol. The number of hydrogen-bond acceptors (Lipinski definition) is 3. The third kappa shape index (κ3) is 5.46. The Balaban J connectivity index is 1.75. The van der Waals surface area contributed by atoms with Gasteiger partial charge in [0, 0.05) is 10.7 Å². The summed E-state index contributed by atoms with van der Waals surface area (Å²) in [6.45, 7) is 7.23. The fourth-order valence-corrected chi connectivity index (χ4v) is 2.95. The van der Waals surface area contributed by atoms with Crippen molar-refractivity contribution < 1.29 is 9.47 Å². The highest BCUT2D eigenvalue weighted by Crippen LogP contribution is 2.29. The third-order valence-electron chi connectivity index (χ3n) is 4.43. The molecule has 3 nitrogen and oxygen atoms in total. The Hall–Kier alpha value is -2.59. The number of hydrogen-bond donors (Lipinski definition) is 0. The van der Waals surface area contributed by atoms with E-state index in [1.807, 2.05) is 61.7 Å². The lowest BCUT2D eigenvalue weighted by molar-refractivity contribution is 0.269. The zero-order chi connectivity index (χ0) is 19.9. The summed E-state index contributed by atoms with van der Waals surface area (Å²) in [6, 6.07) is 20.2. The number of nitrogens with zero attached hydrogens (tertiary/aromatic N) is 1. The van der Waals surface area contributed by atoms with E-state index < -0.39 is 0 Å². The van der Waals surface area contributed by atoms with E-state index in [0.29, 0.717) is 13.2 Å². The largest absolute Gasteiger partial charge is 0.490 e. The van der Waals surface area contributed by atoms with Crippen molar-refractivity contribution in [3.8, 4) is 11.5 Å². The molecule has 0 aromatic heterocycles. The van der Waals surface area contributed by atoms with Crippen molar-refractivity contribution in [3.63, 3.8) is 0 Å². The minimum atomic E-state index is 0.490. The molecule has 0 unspecified atom stereocenters. The van der Waals surface area contributed by atoms with Gasteiger partial charge in [0.2, 0.25) is 0 Å². The van der Waals surface area contributed by atoms with Gasteiger partial charge in [0.05, 0.1) is 12.3 Å². The molecule has 3 aromatic rings. The van der Waals surface area contributed by atoms with Crippen molar-refractivity contribution in [2.24, 2.45) is 4.99 Å². The molecule has 0 N–H and O–H groups in total. The van der Waals surface area contributed by atoms with Gasteiger partial charge in [0.15, 0.2) is 11.5 Å². The van der Waals surface area contributed by atoms with E-state index in [4.69, 9.17) is 9.47 Å². The second-order valence-corrected chi connectivity index (χ2v) is 7.50. The van der Waals surface area contributed by atoms with E-state index >= 15 is 0 Å². The Morgan fingerprint density at radius 1 is 0.857 bits per heavy atom. The van der Waals surface area contributed by atoms with Crippen LogP contribution in [0.15, 0.2) is 70.1 Å². The number of aliphatic imine (C=N–C) groups is 1. The van der Waals surface area contributed by atoms with Crippen molar-refractivity contribution >= 4 is 27.8 Å². The first-order valence-electron chi connectivity index (χ1n) is 9.30. The van der Waals surface area contributed by atoms with E-state index in [2.05, 4.69) is 46.9 Å². The Morgan fingerprint density at radius 2 is 1.64 bits per heavy atom. The lowest BCUT2D eigenvalue weighted by atomic mass is 10.1. The van der Waals surface area contributed by atoms with Gasteiger partial charge in [-0.05, 0) is 85.5 Å². The maximum absolute atomic E-state index is 5.98. The minimum absolute atomic E-state index is 0.490. The van der Waals surface area contributed by atoms with Crippen LogP contribution < -0.4 is 9.47 Å². The van der Waals surface area contributed by atoms with Gasteiger partial charge in [-0.3, -0.25) is 4.99 Å². The summed E-state index contributed by atoms with van der Waals surface area (Å²) in [5.41, 5.74) is 5.52. The lowest BCUT2D eigenvalue weighted by Gasteiger charge is -2.12. The first-order valence-corrected chi connectivity index (χ1v) is 10.1. The molecule has 0 bridgehead atoms. The van der Waals surface area contributed by atoms with Crippen LogP contribution in [-0.2, 0) is 6.61 Å². The average Bonchev–Trinajstić information content (AvgIpc) is 2.69. The maximum Gasteiger partial charge on any atom is 0.161 e. The Morgan fingerprint density at radius 3 is 2.36 bits per heavy atom. The molecule has 0 atom stereocenters. The van der Waals surface area contributed by atoms with Crippen LogP contribution in [0.2, 0.25) is 0 Å². The number of benzene rings is 3. The number of ether oxygens (including phenoxy) is 2. The van der Waals surface area contributed by atoms with Crippen molar-refractivity contribution in [3.05, 3.63) is 87.4 Å². The quantitative estimate of drug-likeness (QED) is 0.380. The van der Waals surface area contributed by atoms with E-state index in [0.717, 1.165) is 32.8 Å². The summed E-state index contributed by atoms with van der Waals surface area (Å²) in [5, 5.41) is 0. The summed E-state index contributed by atoms with van der Waals surface area (Å²) in [4.78, 5) is 4.59. The van der Waals surface area contributed by atoms with Gasteiger partial charge < -0.3 is 9.47 Å². The van der Waals surface area contributed by atoms with Gasteiger partial charge in [-0.15, -0.1) is 0 Å². The van der Waals surface area contributed by atoms with Gasteiger partial charge in [-0.2, -0.15) is 0 Å². The Kier molecular flexibility index (Phi) is 6.88. The van der Waals surface area contributed by atoms with Crippen LogP contribution in [0.5, 0.6) is 11.5 Å². The molecule has 0 spiro atoms. The standard InChI is InChI=1S/C24H24BrNO2/c1-4-27-24-14-20(15-26-22-11-5-17(2)18(3)13-22)8-12-23(24)28-16-19-6-9-21(25)10-7-19/h5-15H,4,16H2,1-3H3. The highest BCUT2D eigenvalue weighted by Gasteiger charge is 2.07. The molecule has 4 heteroatoms. The SMILES string of the molecule is CCOc1cc(C=Nc2ccc(C)c(C)c2)ccc1OCc1ccc(Br)cc1. The van der Waals surface area contributed by atoms with Crippen LogP contribution in [0, 0.1) is 13.8 Å². The number of halogens is 1. The molecule has 0 heterocycles. The molecule has 0 saturated heterocycles. The first-order chi connectivity index (χ1) is 13.5. The fraction of sp³-hybridized carbons (Fsp3) is 0.208. The maximum atomic E-state index is 5.98. The van der Waals surface area contributed by atoms with Crippen LogP contribution in [0.3, 0.4) is 0 Å². The van der Waals surface area contributed by atoms with E-state index in [1.54, 1.807) is 0 Å². The van der Waals surface area contributed by atoms with Crippen LogP contribution in [0.25, 0.3) is 0 Å². The molecule has 0 aliphatic rings. The molecule has 0 fully saturated rings. The Labute approximate surface area is 175 Å². The molecule has 144 valence electrons. The summed E-state index contributed by atoms with van der Waals surface area (Å²) in [5.74, 6) is 1.46. The zero-order valence-corrected chi connectivity index (χ0v) is 18.0. The van der Waals surface area contributed by atoms with E-state index in [1.165, 1.54) is 11.1 Å². The highest BCUT2D eigenvalue weighted by molar-refractivity contribution is 9.10. The molecule has 3 aromatic carbocycles. The summed E-state index contributed by atoms with van der Waals surface area (Å²) in [7, 11) is 0. The topological polar surface area (TPSA) is 30.8 Å². The molecule has 0 aliphatic carbocycles. The molecular formula is C24H24BrNO2. The predicted octanol–water partition coefficient (Wildman–Crippen LogP) is 6.79. The average molecular weight is 438 g/mol. The van der Waals surface area contributed by atoms with Crippen LogP contribution in [0.1, 0.15) is 29.2 Å². The minimum Gasteiger partial charge on any atom is -0.490 e. The summed E-state index contributed by atoms with van der Waals surface area (Å²) in [6.07, 6.45) is 1.85. The normalized spacial score (nSPS) is 11.0. The predicted molar refractivity (Wildman–Crippen MR) is 119 cm³/mol. The molecule has 0 amide bonds. The molecule has 0 saturated carbocycles. The molecular weight excluding hydrogens is 414 g/mol. The first kappa shape index (κ1) is 20.2. The molecule has 0 aliphatic heterocycles. The van der Waals surface area contributed by atoms with Crippen LogP contribution in [0.4, 0.5) is 5.69 Å². The van der Waals surface area contributed by atoms with Crippen molar-refractivity contribution in [1.29, 1.82) is 0 Å². The Bertz CT molecular complexity index is 965. The summed E-state index contributed by atoms with van der Waals surface area (Å²) >= 11 is 3.45. The number of rotatable bonds is 7. The van der Waals surface area contributed by atoms with Crippen molar-refractivity contribution in [2.45, 2.75) is 27.4 Å². The highest BCUT2D eigenvalue weighted by atomic mass is 79.9. The van der Waals surface area contributed by atoms with E-state index in [-0.39, 0.29) is 0 Å². The molecule has 3 rings (SSSR count). The molecule has 0 radical (unpaired) electrons. The van der Waals surface area contributed by atoms with Gasteiger partial charge >= 0.3 is 0 Å². The van der Waals surface area contributed by atoms with Gasteiger partial charge in [0.1, 0.15) is 6.61 Å². The summed E-state index contributed by atoms with van der Waals surface area (Å²) < 4.78 is 12.8. The van der Waals surface area contributed by atoms with Crippen LogP contribution in [-0.4, -0.2) is 12.8 Å². The van der Waals surface area contributed by atoms with Crippen molar-refractivity contribution in [1.82, 2.24) is 0 Å². The zero-order valence-electron chi connectivity index (χ0n) is 16.4. The number of aryl methyl sites for hydroxylation is 2. The smallest absolute Gasteiger partial charge is 0.161 e. The third-order valence-corrected chi connectivity index (χ3v) is 4.96. The second-order valence-electron chi connectivity index (χ2n) is 6.58. The van der Waals surface area contributed by atoms with Gasteiger partial charge in [-0.25, -0.2) is 0 Å². The second kappa shape index (κ2) is 9.56. The molecule has 28 heavy (non-hydrogen) atoms. The van der Waals surface area contributed by atoms with Crippen molar-refractivity contribution in [2.75, 3.05) is 6.61 Å². The van der Waals surface area contributed by atoms with Gasteiger partial charge in [-0.1, -0.05) is 34.1 Å².